The van der Waals surface area contributed by atoms with E-state index < -0.39 is 0 Å². The highest BCUT2D eigenvalue weighted by Gasteiger charge is 2.22. The number of aromatic nitrogens is 2. The zero-order valence-electron chi connectivity index (χ0n) is 19.2. The molecule has 8 nitrogen and oxygen atoms in total. The van der Waals surface area contributed by atoms with Crippen molar-refractivity contribution in [2.24, 2.45) is 12.0 Å². The molecule has 2 heterocycles. The summed E-state index contributed by atoms with van der Waals surface area (Å²) in [5.74, 6) is 1.73. The van der Waals surface area contributed by atoms with Crippen LogP contribution in [0.2, 0.25) is 0 Å². The third kappa shape index (κ3) is 6.99. The van der Waals surface area contributed by atoms with Crippen molar-refractivity contribution < 1.29 is 4.74 Å². The number of aliphatic imine (C=N–C) groups is 1. The van der Waals surface area contributed by atoms with Crippen LogP contribution in [0.15, 0.2) is 41.7 Å². The molecule has 1 aliphatic rings. The van der Waals surface area contributed by atoms with E-state index in [1.807, 2.05) is 37.1 Å². The third-order valence-electron chi connectivity index (χ3n) is 5.60. The molecule has 1 fully saturated rings. The molecule has 31 heavy (non-hydrogen) atoms. The van der Waals surface area contributed by atoms with Crippen molar-refractivity contribution in [3.05, 3.63) is 42.2 Å². The molecule has 0 radical (unpaired) electrons. The summed E-state index contributed by atoms with van der Waals surface area (Å²) in [5.41, 5.74) is 2.39. The first kappa shape index (κ1) is 25.3. The van der Waals surface area contributed by atoms with Gasteiger partial charge in [0, 0.05) is 63.3 Å². The number of nitrogens with zero attached hydrogens (tertiary/aromatic N) is 5. The first-order chi connectivity index (χ1) is 14.5. The van der Waals surface area contributed by atoms with E-state index in [9.17, 15) is 0 Å². The van der Waals surface area contributed by atoms with Crippen LogP contribution in [-0.2, 0) is 7.05 Å². The molecule has 2 atom stereocenters. The van der Waals surface area contributed by atoms with Gasteiger partial charge in [-0.15, -0.1) is 24.0 Å². The number of likely N-dealkylation sites (N-methyl/N-ethyl adjacent to an activating group) is 1. The molecule has 0 saturated carbocycles. The minimum Gasteiger partial charge on any atom is -0.497 e. The van der Waals surface area contributed by atoms with Crippen molar-refractivity contribution >= 4 is 35.6 Å². The van der Waals surface area contributed by atoms with Crippen molar-refractivity contribution in [2.45, 2.75) is 24.9 Å². The van der Waals surface area contributed by atoms with Gasteiger partial charge >= 0.3 is 0 Å². The summed E-state index contributed by atoms with van der Waals surface area (Å²) >= 11 is 0. The van der Waals surface area contributed by atoms with E-state index >= 15 is 0 Å². The van der Waals surface area contributed by atoms with Gasteiger partial charge in [-0.3, -0.25) is 9.67 Å². The van der Waals surface area contributed by atoms with Gasteiger partial charge in [0.15, 0.2) is 5.96 Å². The lowest BCUT2D eigenvalue weighted by atomic mass is 10.0. The van der Waals surface area contributed by atoms with Crippen LogP contribution in [0, 0.1) is 0 Å². The van der Waals surface area contributed by atoms with Crippen LogP contribution in [-0.4, -0.2) is 74.6 Å². The predicted molar refractivity (Wildman–Crippen MR) is 138 cm³/mol. The van der Waals surface area contributed by atoms with Crippen molar-refractivity contribution in [3.8, 4) is 5.75 Å². The van der Waals surface area contributed by atoms with Crippen LogP contribution in [0.4, 0.5) is 5.69 Å². The molecule has 9 heteroatoms. The van der Waals surface area contributed by atoms with Crippen molar-refractivity contribution in [3.63, 3.8) is 0 Å². The fourth-order valence-electron chi connectivity index (χ4n) is 3.93. The van der Waals surface area contributed by atoms with Gasteiger partial charge in [-0.25, -0.2) is 0 Å². The molecular weight excluding hydrogens is 505 g/mol. The highest BCUT2D eigenvalue weighted by atomic mass is 127. The molecule has 1 saturated heterocycles. The number of rotatable bonds is 7. The molecule has 3 rings (SSSR count). The average molecular weight is 541 g/mol. The minimum absolute atomic E-state index is 0. The Morgan fingerprint density at radius 2 is 2.19 bits per heavy atom. The first-order valence-corrected chi connectivity index (χ1v) is 10.5. The summed E-state index contributed by atoms with van der Waals surface area (Å²) in [5, 5.41) is 11.4. The second-order valence-electron chi connectivity index (χ2n) is 8.01. The fourth-order valence-corrected chi connectivity index (χ4v) is 3.93. The van der Waals surface area contributed by atoms with Crippen LogP contribution in [0.25, 0.3) is 0 Å². The van der Waals surface area contributed by atoms with Crippen molar-refractivity contribution in [1.82, 2.24) is 25.3 Å². The molecule has 0 bridgehead atoms. The molecule has 2 N–H and O–H groups in total. The van der Waals surface area contributed by atoms with Crippen molar-refractivity contribution in [2.75, 3.05) is 52.8 Å². The van der Waals surface area contributed by atoms with Gasteiger partial charge < -0.3 is 25.2 Å². The predicted octanol–water partition coefficient (Wildman–Crippen LogP) is 2.48. The molecular formula is C22H36IN7O. The van der Waals surface area contributed by atoms with Crippen LogP contribution in [0.3, 0.4) is 0 Å². The van der Waals surface area contributed by atoms with Crippen LogP contribution >= 0.6 is 24.0 Å². The number of piperidine rings is 1. The van der Waals surface area contributed by atoms with Gasteiger partial charge in [-0.2, -0.15) is 5.10 Å². The van der Waals surface area contributed by atoms with Gasteiger partial charge in [-0.05, 0) is 39.1 Å². The summed E-state index contributed by atoms with van der Waals surface area (Å²) in [6.45, 7) is 2.75. The van der Waals surface area contributed by atoms with E-state index in [4.69, 9.17) is 4.74 Å². The molecule has 0 amide bonds. The Morgan fingerprint density at radius 3 is 2.84 bits per heavy atom. The Labute approximate surface area is 203 Å². The Balaban J connectivity index is 0.00000341. The second kappa shape index (κ2) is 12.1. The van der Waals surface area contributed by atoms with E-state index in [-0.39, 0.29) is 30.0 Å². The highest BCUT2D eigenvalue weighted by molar-refractivity contribution is 14.0. The summed E-state index contributed by atoms with van der Waals surface area (Å²) in [7, 11) is 9.65. The average Bonchev–Trinajstić information content (AvgIpc) is 3.18. The zero-order chi connectivity index (χ0) is 21.5. The molecule has 0 spiro atoms. The Hall–Kier alpha value is -2.01. The number of anilines is 1. The molecule has 2 unspecified atom stereocenters. The Morgan fingerprint density at radius 1 is 1.39 bits per heavy atom. The SMILES string of the molecule is CN=C(NCC(c1cnn(C)c1)N(C)C)NC1CCCN(c2cccc(OC)c2)C1.I. The smallest absolute Gasteiger partial charge is 0.191 e. The maximum atomic E-state index is 5.38. The largest absolute Gasteiger partial charge is 0.497 e. The molecule has 2 aromatic rings. The number of halogens is 1. The molecule has 0 aliphatic carbocycles. The maximum absolute atomic E-state index is 5.38. The number of hydrogen-bond donors (Lipinski definition) is 2. The number of ether oxygens (including phenoxy) is 1. The van der Waals surface area contributed by atoms with E-state index in [2.05, 4.69) is 62.9 Å². The summed E-state index contributed by atoms with van der Waals surface area (Å²) < 4.78 is 7.23. The Bertz CT molecular complexity index is 839. The molecule has 172 valence electrons. The lowest BCUT2D eigenvalue weighted by Gasteiger charge is -2.35. The zero-order valence-corrected chi connectivity index (χ0v) is 21.5. The number of nitrogens with one attached hydrogen (secondary N) is 2. The summed E-state index contributed by atoms with van der Waals surface area (Å²) in [6.07, 6.45) is 6.26. The van der Waals surface area contributed by atoms with E-state index in [0.29, 0.717) is 6.04 Å². The van der Waals surface area contributed by atoms with E-state index in [1.165, 1.54) is 11.3 Å². The van der Waals surface area contributed by atoms with Gasteiger partial charge in [0.2, 0.25) is 0 Å². The maximum Gasteiger partial charge on any atom is 0.191 e. The molecule has 1 aromatic heterocycles. The van der Waals surface area contributed by atoms with Crippen LogP contribution in [0.5, 0.6) is 5.75 Å². The first-order valence-electron chi connectivity index (χ1n) is 10.5. The molecule has 1 aliphatic heterocycles. The number of aryl methyl sites for hydroxylation is 1. The minimum atomic E-state index is 0. The normalized spacial score (nSPS) is 17.8. The van der Waals surface area contributed by atoms with Gasteiger partial charge in [0.25, 0.3) is 0 Å². The fraction of sp³-hybridized carbons (Fsp3) is 0.545. The molecule has 1 aromatic carbocycles. The number of benzene rings is 1. The lowest BCUT2D eigenvalue weighted by molar-refractivity contribution is 0.297. The summed E-state index contributed by atoms with van der Waals surface area (Å²) in [6, 6.07) is 8.84. The third-order valence-corrected chi connectivity index (χ3v) is 5.60. The van der Waals surface area contributed by atoms with E-state index in [0.717, 1.165) is 44.2 Å². The number of methoxy groups -OCH3 is 1. The van der Waals surface area contributed by atoms with Crippen molar-refractivity contribution in [1.29, 1.82) is 0 Å². The van der Waals surface area contributed by atoms with Crippen LogP contribution in [0.1, 0.15) is 24.4 Å². The topological polar surface area (TPSA) is 70.0 Å². The summed E-state index contributed by atoms with van der Waals surface area (Å²) in [4.78, 5) is 9.06. The second-order valence-corrected chi connectivity index (χ2v) is 8.01. The van der Waals surface area contributed by atoms with E-state index in [1.54, 1.807) is 7.11 Å². The quantitative estimate of drug-likeness (QED) is 0.319. The van der Waals surface area contributed by atoms with Crippen LogP contribution < -0.4 is 20.3 Å². The Kier molecular flexibility index (Phi) is 9.89. The standard InChI is InChI=1S/C22H35N7O.HI/c1-23-22(24-14-21(27(2)3)17-13-25-28(4)15-17)26-18-8-7-11-29(16-18)19-9-6-10-20(12-19)30-5;/h6,9-10,12-13,15,18,21H,7-8,11,14,16H2,1-5H3,(H2,23,24,26);1H. The van der Waals surface area contributed by atoms with Gasteiger partial charge in [0.05, 0.1) is 19.3 Å². The lowest BCUT2D eigenvalue weighted by Crippen LogP contribution is -2.52. The highest BCUT2D eigenvalue weighted by Crippen LogP contribution is 2.24. The number of guanidine groups is 1. The number of hydrogen-bond acceptors (Lipinski definition) is 5. The monoisotopic (exact) mass is 541 g/mol. The van der Waals surface area contributed by atoms with Gasteiger partial charge in [0.1, 0.15) is 5.75 Å². The van der Waals surface area contributed by atoms with Gasteiger partial charge in [-0.1, -0.05) is 6.07 Å².